The molecular formula is C82H160O17P2. The highest BCUT2D eigenvalue weighted by molar-refractivity contribution is 7.47. The summed E-state index contributed by atoms with van der Waals surface area (Å²) in [7, 11) is -9.92. The van der Waals surface area contributed by atoms with Crippen molar-refractivity contribution in [3.63, 3.8) is 0 Å². The fraction of sp³-hybridized carbons (Fsp3) is 0.951. The van der Waals surface area contributed by atoms with E-state index in [0.29, 0.717) is 25.7 Å². The summed E-state index contributed by atoms with van der Waals surface area (Å²) in [6.45, 7) is 9.58. The highest BCUT2D eigenvalue weighted by Crippen LogP contribution is 2.45. The van der Waals surface area contributed by atoms with Gasteiger partial charge in [0.2, 0.25) is 0 Å². The Morgan fingerprint density at radius 2 is 0.455 bits per heavy atom. The second-order valence-electron chi connectivity index (χ2n) is 30.5. The Balaban J connectivity index is 5.23. The number of unbranched alkanes of at least 4 members (excludes halogenated alkanes) is 51. The molecule has 101 heavy (non-hydrogen) atoms. The standard InChI is InChI=1S/C82H160O17P2/c1-7-9-11-13-15-17-19-21-23-25-27-29-31-33-35-39-46-52-58-64-79(84)92-70-77(98-81(86)66-60-54-48-40-36-34-32-30-28-26-24-22-20-18-16-14-12-10-8-2)72-96-100(88,89)94-68-76(83)69-95-101(90,91)97-73-78(71-93-80(85)65-59-53-47-43-42-45-51-57-63-75(5)6)99-82(87)67-61-55-49-41-37-38-44-50-56-62-74(3)4/h74-78,83H,7-73H2,1-6H3,(H,88,89)(H,90,91)/t76-,77-,78-/m1/s1. The Bertz CT molecular complexity index is 1940. The molecule has 17 nitrogen and oxygen atoms in total. The van der Waals surface area contributed by atoms with Crippen LogP contribution in [0.4, 0.5) is 0 Å². The van der Waals surface area contributed by atoms with Gasteiger partial charge < -0.3 is 33.8 Å². The third kappa shape index (κ3) is 76.1. The van der Waals surface area contributed by atoms with Gasteiger partial charge in [-0.2, -0.15) is 0 Å². The summed E-state index contributed by atoms with van der Waals surface area (Å²) in [6, 6.07) is 0. The predicted octanol–water partition coefficient (Wildman–Crippen LogP) is 24.7. The number of rotatable bonds is 81. The first-order valence-corrected chi connectivity index (χ1v) is 45.5. The number of ether oxygens (including phenoxy) is 4. The van der Waals surface area contributed by atoms with Crippen LogP contribution in [0.5, 0.6) is 0 Å². The molecule has 0 aliphatic rings. The molecule has 600 valence electrons. The molecule has 0 aromatic carbocycles. The fourth-order valence-electron chi connectivity index (χ4n) is 12.7. The molecule has 0 heterocycles. The van der Waals surface area contributed by atoms with Crippen LogP contribution in [-0.2, 0) is 65.4 Å². The zero-order valence-electron chi connectivity index (χ0n) is 66.2. The smallest absolute Gasteiger partial charge is 0.462 e. The van der Waals surface area contributed by atoms with Crippen LogP contribution in [0.2, 0.25) is 0 Å². The van der Waals surface area contributed by atoms with Crippen molar-refractivity contribution >= 4 is 39.5 Å². The summed E-state index contributed by atoms with van der Waals surface area (Å²) in [4.78, 5) is 73.0. The Labute approximate surface area is 619 Å². The minimum absolute atomic E-state index is 0.105. The maximum Gasteiger partial charge on any atom is 0.472 e. The average molecular weight is 1480 g/mol. The minimum atomic E-state index is -4.96. The molecule has 0 aromatic heterocycles. The summed E-state index contributed by atoms with van der Waals surface area (Å²) in [5.74, 6) is -0.647. The lowest BCUT2D eigenvalue weighted by molar-refractivity contribution is -0.161. The highest BCUT2D eigenvalue weighted by atomic mass is 31.2. The molecule has 0 bridgehead atoms. The molecule has 0 rings (SSSR count). The van der Waals surface area contributed by atoms with E-state index in [0.717, 1.165) is 102 Å². The lowest BCUT2D eigenvalue weighted by atomic mass is 10.0. The quantitative estimate of drug-likeness (QED) is 0.0222. The normalized spacial score (nSPS) is 13.9. The SMILES string of the molecule is CCCCCCCCCCCCCCCCCCCCCC(=O)OC[C@H](COP(=O)(O)OC[C@@H](O)COP(=O)(O)OC[C@@H](COC(=O)CCCCCCCCCCC(C)C)OC(=O)CCCCCCCCCCCC(C)C)OC(=O)CCCCCCCCCCCCCCCCCCCCC. The third-order valence-corrected chi connectivity index (χ3v) is 21.1. The van der Waals surface area contributed by atoms with Gasteiger partial charge in [-0.1, -0.05) is 382 Å². The van der Waals surface area contributed by atoms with Crippen molar-refractivity contribution in [3.8, 4) is 0 Å². The van der Waals surface area contributed by atoms with Gasteiger partial charge in [-0.3, -0.25) is 37.3 Å². The van der Waals surface area contributed by atoms with Crippen molar-refractivity contribution in [3.05, 3.63) is 0 Å². The number of phosphoric acid groups is 2. The van der Waals surface area contributed by atoms with Gasteiger partial charge in [-0.25, -0.2) is 9.13 Å². The average Bonchev–Trinajstić information content (AvgIpc) is 1.44. The Kier molecular flexibility index (Phi) is 72.2. The summed E-state index contributed by atoms with van der Waals surface area (Å²) < 4.78 is 68.7. The Morgan fingerprint density at radius 3 is 0.673 bits per heavy atom. The number of aliphatic hydroxyl groups excluding tert-OH is 1. The van der Waals surface area contributed by atoms with Crippen molar-refractivity contribution in [2.24, 2.45) is 11.8 Å². The van der Waals surface area contributed by atoms with E-state index in [1.807, 2.05) is 0 Å². The van der Waals surface area contributed by atoms with Crippen LogP contribution in [0.15, 0.2) is 0 Å². The zero-order chi connectivity index (χ0) is 74.2. The number of hydrogen-bond acceptors (Lipinski definition) is 15. The van der Waals surface area contributed by atoms with E-state index in [4.69, 9.17) is 37.0 Å². The summed E-state index contributed by atoms with van der Waals surface area (Å²) in [5, 5.41) is 10.6. The highest BCUT2D eigenvalue weighted by Gasteiger charge is 2.30. The van der Waals surface area contributed by atoms with Crippen molar-refractivity contribution in [1.29, 1.82) is 0 Å². The van der Waals surface area contributed by atoms with E-state index in [-0.39, 0.29) is 25.7 Å². The van der Waals surface area contributed by atoms with Gasteiger partial charge in [0, 0.05) is 25.7 Å². The van der Waals surface area contributed by atoms with Gasteiger partial charge in [-0.05, 0) is 37.5 Å². The molecule has 0 aliphatic heterocycles. The first kappa shape index (κ1) is 99.1. The molecule has 0 saturated heterocycles. The van der Waals surface area contributed by atoms with Gasteiger partial charge in [0.1, 0.15) is 19.3 Å². The minimum Gasteiger partial charge on any atom is -0.462 e. The third-order valence-electron chi connectivity index (χ3n) is 19.2. The lowest BCUT2D eigenvalue weighted by Crippen LogP contribution is -2.30. The molecule has 3 N–H and O–H groups in total. The number of hydrogen-bond donors (Lipinski definition) is 3. The molecule has 0 amide bonds. The first-order valence-electron chi connectivity index (χ1n) is 42.5. The Morgan fingerprint density at radius 1 is 0.267 bits per heavy atom. The van der Waals surface area contributed by atoms with Crippen LogP contribution >= 0.6 is 15.6 Å². The molecule has 5 atom stereocenters. The van der Waals surface area contributed by atoms with E-state index >= 15 is 0 Å². The van der Waals surface area contributed by atoms with Crippen molar-refractivity contribution < 1.29 is 80.2 Å². The molecule has 0 aromatic rings. The van der Waals surface area contributed by atoms with Crippen LogP contribution in [0, 0.1) is 11.8 Å². The second kappa shape index (κ2) is 73.6. The largest absolute Gasteiger partial charge is 0.472 e. The summed E-state index contributed by atoms with van der Waals surface area (Å²) >= 11 is 0. The number of carbonyl (C=O) groups excluding carboxylic acids is 4. The molecule has 0 saturated carbocycles. The second-order valence-corrected chi connectivity index (χ2v) is 33.4. The van der Waals surface area contributed by atoms with E-state index in [2.05, 4.69) is 41.5 Å². The van der Waals surface area contributed by atoms with Gasteiger partial charge in [0.25, 0.3) is 0 Å². The lowest BCUT2D eigenvalue weighted by Gasteiger charge is -2.21. The number of carbonyl (C=O) groups is 4. The van der Waals surface area contributed by atoms with Crippen LogP contribution in [0.25, 0.3) is 0 Å². The van der Waals surface area contributed by atoms with E-state index in [1.165, 1.54) is 250 Å². The van der Waals surface area contributed by atoms with E-state index in [9.17, 15) is 43.2 Å². The van der Waals surface area contributed by atoms with Gasteiger partial charge >= 0.3 is 39.5 Å². The fourth-order valence-corrected chi connectivity index (χ4v) is 14.3. The number of esters is 4. The Hall–Kier alpha value is -1.94. The van der Waals surface area contributed by atoms with E-state index < -0.39 is 97.5 Å². The molecule has 19 heteroatoms. The van der Waals surface area contributed by atoms with Crippen LogP contribution in [0.1, 0.15) is 433 Å². The van der Waals surface area contributed by atoms with E-state index in [1.54, 1.807) is 0 Å². The summed E-state index contributed by atoms with van der Waals surface area (Å²) in [6.07, 6.45) is 64.0. The van der Waals surface area contributed by atoms with Crippen LogP contribution in [0.3, 0.4) is 0 Å². The molecule has 0 radical (unpaired) electrons. The number of phosphoric ester groups is 2. The first-order chi connectivity index (χ1) is 48.9. The molecule has 0 spiro atoms. The van der Waals surface area contributed by atoms with Gasteiger partial charge in [-0.15, -0.1) is 0 Å². The van der Waals surface area contributed by atoms with Gasteiger partial charge in [0.15, 0.2) is 12.2 Å². The van der Waals surface area contributed by atoms with Crippen molar-refractivity contribution in [2.75, 3.05) is 39.6 Å². The van der Waals surface area contributed by atoms with Crippen molar-refractivity contribution in [2.45, 2.75) is 452 Å². The monoisotopic (exact) mass is 1480 g/mol. The van der Waals surface area contributed by atoms with Crippen molar-refractivity contribution in [1.82, 2.24) is 0 Å². The zero-order valence-corrected chi connectivity index (χ0v) is 68.0. The maximum atomic E-state index is 13.1. The summed E-state index contributed by atoms with van der Waals surface area (Å²) in [5.41, 5.74) is 0. The number of aliphatic hydroxyl groups is 1. The molecular weight excluding hydrogens is 1320 g/mol. The van der Waals surface area contributed by atoms with Gasteiger partial charge in [0.05, 0.1) is 26.4 Å². The topological polar surface area (TPSA) is 237 Å². The van der Waals surface area contributed by atoms with Crippen LogP contribution < -0.4 is 0 Å². The van der Waals surface area contributed by atoms with Crippen LogP contribution in [-0.4, -0.2) is 96.7 Å². The predicted molar refractivity (Wildman–Crippen MR) is 414 cm³/mol. The molecule has 2 unspecified atom stereocenters. The molecule has 0 fully saturated rings. The molecule has 0 aliphatic carbocycles. The maximum absolute atomic E-state index is 13.1.